The van der Waals surface area contributed by atoms with Crippen LogP contribution in [0.3, 0.4) is 0 Å². The van der Waals surface area contributed by atoms with Gasteiger partial charge in [-0.3, -0.25) is 4.90 Å². The van der Waals surface area contributed by atoms with Crippen molar-refractivity contribution in [3.8, 4) is 11.1 Å². The molecule has 3 nitrogen and oxygen atoms in total. The van der Waals surface area contributed by atoms with Crippen LogP contribution in [0.4, 0.5) is 0 Å². The second kappa shape index (κ2) is 5.99. The van der Waals surface area contributed by atoms with Gasteiger partial charge in [0.25, 0.3) is 0 Å². The van der Waals surface area contributed by atoms with E-state index in [1.165, 1.54) is 60.4 Å². The van der Waals surface area contributed by atoms with Crippen LogP contribution in [0, 0.1) is 6.92 Å². The Morgan fingerprint density at radius 1 is 0.920 bits per heavy atom. The molecule has 0 bridgehead atoms. The smallest absolute Gasteiger partial charge is 0.111 e. The summed E-state index contributed by atoms with van der Waals surface area (Å²) in [4.78, 5) is 7.73. The van der Waals surface area contributed by atoms with E-state index in [2.05, 4.69) is 58.9 Å². The van der Waals surface area contributed by atoms with Crippen LogP contribution >= 0.6 is 0 Å². The van der Waals surface area contributed by atoms with Crippen LogP contribution in [0.2, 0.25) is 0 Å². The summed E-state index contributed by atoms with van der Waals surface area (Å²) in [6.07, 6.45) is 5.17. The Morgan fingerprint density at radius 2 is 1.76 bits per heavy atom. The Kier molecular flexibility index (Phi) is 3.63. The number of hydrogen-bond donors (Lipinski definition) is 0. The van der Waals surface area contributed by atoms with Gasteiger partial charge in [0.15, 0.2) is 0 Å². The summed E-state index contributed by atoms with van der Waals surface area (Å²) in [5, 5.41) is 0. The van der Waals surface area contributed by atoms with Crippen molar-refractivity contribution in [3.63, 3.8) is 0 Å². The average Bonchev–Trinajstić information content (AvgIpc) is 2.87. The third-order valence-corrected chi connectivity index (χ3v) is 5.99. The molecule has 128 valence electrons. The van der Waals surface area contributed by atoms with Gasteiger partial charge in [0.05, 0.1) is 11.0 Å². The number of benzene rings is 2. The molecule has 2 aromatic carbocycles. The van der Waals surface area contributed by atoms with Gasteiger partial charge in [-0.25, -0.2) is 4.98 Å². The summed E-state index contributed by atoms with van der Waals surface area (Å²) in [6.45, 7) is 5.65. The lowest BCUT2D eigenvalue weighted by Gasteiger charge is -2.33. The summed E-state index contributed by atoms with van der Waals surface area (Å²) < 4.78 is 2.46. The van der Waals surface area contributed by atoms with Crippen LogP contribution in [0.5, 0.6) is 0 Å². The number of nitrogens with zero attached hydrogens (tertiary/aromatic N) is 3. The summed E-state index contributed by atoms with van der Waals surface area (Å²) in [5.41, 5.74) is 6.29. The van der Waals surface area contributed by atoms with E-state index < -0.39 is 0 Å². The van der Waals surface area contributed by atoms with Crippen LogP contribution in [0.25, 0.3) is 22.2 Å². The Bertz CT molecular complexity index is 907. The standard InChI is InChI=1S/C22H25N3/c1-16-5-7-17(8-6-16)18-9-10-21-20(14-18)23-22-15-19-4-2-3-11-24(19)12-13-25(21)22/h5-10,14,19H,2-4,11-13,15H2,1H3. The maximum Gasteiger partial charge on any atom is 0.111 e. The van der Waals surface area contributed by atoms with Crippen LogP contribution in [-0.2, 0) is 13.0 Å². The molecule has 3 aromatic rings. The highest BCUT2D eigenvalue weighted by atomic mass is 15.2. The van der Waals surface area contributed by atoms with E-state index in [4.69, 9.17) is 4.98 Å². The summed E-state index contributed by atoms with van der Waals surface area (Å²) in [5.74, 6) is 1.28. The maximum atomic E-state index is 5.04. The van der Waals surface area contributed by atoms with E-state index in [-0.39, 0.29) is 0 Å². The van der Waals surface area contributed by atoms with Crippen LogP contribution in [0.1, 0.15) is 30.7 Å². The molecular formula is C22H25N3. The van der Waals surface area contributed by atoms with Gasteiger partial charge in [0.2, 0.25) is 0 Å². The number of rotatable bonds is 1. The van der Waals surface area contributed by atoms with E-state index in [0.29, 0.717) is 6.04 Å². The number of aryl methyl sites for hydroxylation is 1. The van der Waals surface area contributed by atoms with Crippen molar-refractivity contribution in [2.45, 2.75) is 45.2 Å². The molecule has 5 rings (SSSR count). The molecule has 1 atom stereocenters. The number of imidazole rings is 1. The highest BCUT2D eigenvalue weighted by Gasteiger charge is 2.27. The zero-order valence-corrected chi connectivity index (χ0v) is 14.9. The van der Waals surface area contributed by atoms with Gasteiger partial charge in [-0.15, -0.1) is 0 Å². The zero-order valence-electron chi connectivity index (χ0n) is 14.9. The molecule has 1 aromatic heterocycles. The molecule has 1 saturated heterocycles. The minimum atomic E-state index is 0.698. The van der Waals surface area contributed by atoms with Gasteiger partial charge in [-0.1, -0.05) is 42.3 Å². The molecule has 0 aliphatic carbocycles. The van der Waals surface area contributed by atoms with E-state index in [0.717, 1.165) is 18.5 Å². The lowest BCUT2D eigenvalue weighted by Crippen LogP contribution is -2.40. The highest BCUT2D eigenvalue weighted by molar-refractivity contribution is 5.82. The number of aromatic nitrogens is 2. The van der Waals surface area contributed by atoms with Crippen molar-refractivity contribution < 1.29 is 0 Å². The van der Waals surface area contributed by atoms with E-state index in [1.807, 2.05) is 0 Å². The number of hydrogen-bond acceptors (Lipinski definition) is 2. The number of piperidine rings is 1. The largest absolute Gasteiger partial charge is 0.327 e. The van der Waals surface area contributed by atoms with Gasteiger partial charge >= 0.3 is 0 Å². The van der Waals surface area contributed by atoms with Crippen molar-refractivity contribution in [1.82, 2.24) is 14.5 Å². The Hall–Kier alpha value is -2.13. The molecule has 2 aliphatic heterocycles. The van der Waals surface area contributed by atoms with Crippen LogP contribution in [-0.4, -0.2) is 33.6 Å². The summed E-state index contributed by atoms with van der Waals surface area (Å²) in [7, 11) is 0. The summed E-state index contributed by atoms with van der Waals surface area (Å²) >= 11 is 0. The van der Waals surface area contributed by atoms with Crippen LogP contribution in [0.15, 0.2) is 42.5 Å². The Balaban J connectivity index is 1.53. The van der Waals surface area contributed by atoms with Gasteiger partial charge in [0.1, 0.15) is 5.82 Å². The first-order valence-electron chi connectivity index (χ1n) is 9.58. The third kappa shape index (κ3) is 2.67. The minimum Gasteiger partial charge on any atom is -0.327 e. The topological polar surface area (TPSA) is 21.1 Å². The van der Waals surface area contributed by atoms with Gasteiger partial charge in [0, 0.05) is 25.6 Å². The van der Waals surface area contributed by atoms with Crippen molar-refractivity contribution >= 4 is 11.0 Å². The molecule has 0 amide bonds. The average molecular weight is 331 g/mol. The van der Waals surface area contributed by atoms with Gasteiger partial charge in [-0.05, 0) is 49.6 Å². The van der Waals surface area contributed by atoms with Gasteiger partial charge in [-0.2, -0.15) is 0 Å². The molecule has 3 heterocycles. The van der Waals surface area contributed by atoms with Crippen molar-refractivity contribution in [2.24, 2.45) is 0 Å². The van der Waals surface area contributed by atoms with E-state index in [9.17, 15) is 0 Å². The molecule has 25 heavy (non-hydrogen) atoms. The Morgan fingerprint density at radius 3 is 2.64 bits per heavy atom. The van der Waals surface area contributed by atoms with Crippen molar-refractivity contribution in [3.05, 3.63) is 53.9 Å². The minimum absolute atomic E-state index is 0.698. The third-order valence-electron chi connectivity index (χ3n) is 5.99. The second-order valence-electron chi connectivity index (χ2n) is 7.64. The highest BCUT2D eigenvalue weighted by Crippen LogP contribution is 2.29. The molecule has 1 fully saturated rings. The first kappa shape index (κ1) is 15.2. The van der Waals surface area contributed by atoms with Crippen molar-refractivity contribution in [1.29, 1.82) is 0 Å². The zero-order chi connectivity index (χ0) is 16.8. The monoisotopic (exact) mass is 331 g/mol. The van der Waals surface area contributed by atoms with Crippen LogP contribution < -0.4 is 0 Å². The molecule has 0 N–H and O–H groups in total. The molecule has 2 aliphatic rings. The lowest BCUT2D eigenvalue weighted by atomic mass is 10.00. The van der Waals surface area contributed by atoms with E-state index >= 15 is 0 Å². The second-order valence-corrected chi connectivity index (χ2v) is 7.64. The first-order chi connectivity index (χ1) is 12.3. The quantitative estimate of drug-likeness (QED) is 0.658. The molecule has 3 heteroatoms. The molecule has 0 spiro atoms. The SMILES string of the molecule is Cc1ccc(-c2ccc3c(c2)nc2n3CCN3CCCCC3C2)cc1. The number of fused-ring (bicyclic) bond motifs is 4. The molecule has 0 radical (unpaired) electrons. The molecular weight excluding hydrogens is 306 g/mol. The Labute approximate surface area is 149 Å². The predicted molar refractivity (Wildman–Crippen MR) is 103 cm³/mol. The fraction of sp³-hybridized carbons (Fsp3) is 0.409. The summed E-state index contributed by atoms with van der Waals surface area (Å²) in [6, 6.07) is 16.3. The molecule has 1 unspecified atom stereocenters. The fourth-order valence-electron chi connectivity index (χ4n) is 4.54. The van der Waals surface area contributed by atoms with E-state index in [1.54, 1.807) is 0 Å². The maximum absolute atomic E-state index is 5.04. The lowest BCUT2D eigenvalue weighted by molar-refractivity contribution is 0.152. The first-order valence-corrected chi connectivity index (χ1v) is 9.58. The van der Waals surface area contributed by atoms with Gasteiger partial charge < -0.3 is 4.57 Å². The normalized spacial score (nSPS) is 20.9. The predicted octanol–water partition coefficient (Wildman–Crippen LogP) is 4.42. The molecule has 0 saturated carbocycles. The van der Waals surface area contributed by atoms with Crippen molar-refractivity contribution in [2.75, 3.05) is 13.1 Å². The fourth-order valence-corrected chi connectivity index (χ4v) is 4.54.